The van der Waals surface area contributed by atoms with Gasteiger partial charge in [-0.1, -0.05) is 103 Å². The summed E-state index contributed by atoms with van der Waals surface area (Å²) < 4.78 is 10.7. The third-order valence-electron chi connectivity index (χ3n) is 8.51. The van der Waals surface area contributed by atoms with Gasteiger partial charge in [0.05, 0.1) is 6.61 Å². The molecule has 0 radical (unpaired) electrons. The molecular weight excluding hydrogens is 667 g/mol. The van der Waals surface area contributed by atoms with Gasteiger partial charge in [0.1, 0.15) is 30.5 Å². The Balaban J connectivity index is 0. The lowest BCUT2D eigenvalue weighted by atomic mass is 9.99. The van der Waals surface area contributed by atoms with Crippen LogP contribution in [0.1, 0.15) is 135 Å². The zero-order valence-corrected chi connectivity index (χ0v) is 31.3. The van der Waals surface area contributed by atoms with Crippen molar-refractivity contribution in [1.29, 1.82) is 0 Å². The van der Waals surface area contributed by atoms with Crippen molar-refractivity contribution in [3.8, 4) is 0 Å². The topological polar surface area (TPSA) is 174 Å². The highest BCUT2D eigenvalue weighted by molar-refractivity contribution is 7.80. The quantitative estimate of drug-likeness (QED) is 0.0399. The summed E-state index contributed by atoms with van der Waals surface area (Å²) in [7, 11) is 0. The lowest BCUT2D eigenvalue weighted by molar-refractivity contribution is -0.293. The van der Waals surface area contributed by atoms with Crippen LogP contribution in [-0.4, -0.2) is 104 Å². The highest BCUT2D eigenvalue weighted by Gasteiger charge is 2.46. The van der Waals surface area contributed by atoms with E-state index in [0.29, 0.717) is 25.8 Å². The van der Waals surface area contributed by atoms with E-state index in [-0.39, 0.29) is 45.1 Å². The molecular formula is C33H65NO10S3. The molecule has 11 nitrogen and oxygen atoms in total. The molecule has 6 atom stereocenters. The third kappa shape index (κ3) is 20.5. The Kier molecular flexibility index (Phi) is 31.0. The minimum atomic E-state index is -1.73. The number of carboxylic acids is 1. The monoisotopic (exact) mass is 731 g/mol. The van der Waals surface area contributed by atoms with E-state index in [9.17, 15) is 34.8 Å². The van der Waals surface area contributed by atoms with Gasteiger partial charge in [0.25, 0.3) is 0 Å². The molecule has 0 bridgehead atoms. The number of aliphatic hydroxyl groups is 4. The molecule has 0 spiro atoms. The van der Waals surface area contributed by atoms with Gasteiger partial charge in [-0.2, -0.15) is 39.6 Å². The molecule has 0 aliphatic carbocycles. The number of hydrogen-bond acceptors (Lipinski definition) is 10. The van der Waals surface area contributed by atoms with E-state index in [1.807, 2.05) is 0 Å². The molecule has 1 aliphatic rings. The number of esters is 1. The van der Waals surface area contributed by atoms with Crippen LogP contribution in [0.25, 0.3) is 0 Å². The Bertz CT molecular complexity index is 811. The maximum absolute atomic E-state index is 13.4. The smallest absolute Gasteiger partial charge is 0.332 e. The Morgan fingerprint density at radius 3 is 1.66 bits per heavy atom. The number of carboxylic acid groups (broad SMARTS) is 1. The first-order valence-electron chi connectivity index (χ1n) is 17.3. The number of ether oxygens (including phenoxy) is 2. The Hall–Kier alpha value is -0.740. The molecule has 47 heavy (non-hydrogen) atoms. The molecule has 1 heterocycles. The van der Waals surface area contributed by atoms with Crippen LogP contribution in [0.15, 0.2) is 0 Å². The third-order valence-corrected chi connectivity index (χ3v) is 8.85. The van der Waals surface area contributed by atoms with Crippen molar-refractivity contribution in [3.63, 3.8) is 0 Å². The first-order chi connectivity index (χ1) is 21.7. The molecule has 280 valence electrons. The standard InChI is InChI=1S/C33H61NO10S.2H2S/c1-2-3-4-5-6-8-11-14-17-20-27(36)34(22-19-16-13-10-7-9-12-15-18-21-28(37)38)25(24-45)32(42)44-33-31(41)30(40)29(39)26(23-35)43-33;;/h25-26,29-31,33,35,39-41,45H,2-24H2,1H3,(H,37,38);2*1H2/t25-,26+,29+,30-,31+,33-;;/m0../s1. The van der Waals surface area contributed by atoms with Crippen molar-refractivity contribution in [3.05, 3.63) is 0 Å². The number of nitrogens with zero attached hydrogens (tertiary/aromatic N) is 1. The molecule has 14 heteroatoms. The maximum Gasteiger partial charge on any atom is 0.332 e. The lowest BCUT2D eigenvalue weighted by Gasteiger charge is -2.40. The van der Waals surface area contributed by atoms with Crippen molar-refractivity contribution in [2.75, 3.05) is 18.9 Å². The van der Waals surface area contributed by atoms with Gasteiger partial charge in [-0.05, 0) is 19.3 Å². The molecule has 0 saturated carbocycles. The van der Waals surface area contributed by atoms with Crippen molar-refractivity contribution in [2.24, 2.45) is 0 Å². The summed E-state index contributed by atoms with van der Waals surface area (Å²) in [5.41, 5.74) is 0. The van der Waals surface area contributed by atoms with Crippen molar-refractivity contribution in [1.82, 2.24) is 4.90 Å². The predicted molar refractivity (Wildman–Crippen MR) is 196 cm³/mol. The summed E-state index contributed by atoms with van der Waals surface area (Å²) >= 11 is 4.35. The molecule has 0 aromatic heterocycles. The number of carbonyl (C=O) groups excluding carboxylic acids is 2. The van der Waals surface area contributed by atoms with Gasteiger partial charge in [-0.25, -0.2) is 4.79 Å². The largest absolute Gasteiger partial charge is 0.481 e. The number of aliphatic hydroxyl groups excluding tert-OH is 4. The van der Waals surface area contributed by atoms with E-state index >= 15 is 0 Å². The number of thiol groups is 1. The number of hydrogen-bond donors (Lipinski definition) is 6. The van der Waals surface area contributed by atoms with Crippen molar-refractivity contribution < 1.29 is 49.4 Å². The van der Waals surface area contributed by atoms with E-state index in [2.05, 4.69) is 19.6 Å². The first-order valence-corrected chi connectivity index (χ1v) is 17.9. The van der Waals surface area contributed by atoms with Crippen LogP contribution in [0, 0.1) is 0 Å². The van der Waals surface area contributed by atoms with E-state index in [0.717, 1.165) is 70.6 Å². The summed E-state index contributed by atoms with van der Waals surface area (Å²) in [6.45, 7) is 1.90. The van der Waals surface area contributed by atoms with Crippen molar-refractivity contribution in [2.45, 2.75) is 172 Å². The van der Waals surface area contributed by atoms with Gasteiger partial charge in [-0.3, -0.25) is 9.59 Å². The minimum absolute atomic E-state index is 0. The SMILES string of the molecule is CCCCCCCCCCCC(=O)N(CCCCCCCCCCCC(=O)O)[C@@H](CS)C(=O)O[C@@H]1O[C@H](CO)[C@@H](O)[C@H](O)[C@H]1O.S.S. The average molecular weight is 732 g/mol. The van der Waals surface area contributed by atoms with Crippen molar-refractivity contribution >= 4 is 57.5 Å². The molecule has 1 rings (SSSR count). The Morgan fingerprint density at radius 1 is 0.723 bits per heavy atom. The van der Waals surface area contributed by atoms with Crippen LogP contribution < -0.4 is 0 Å². The van der Waals surface area contributed by atoms with Gasteiger partial charge in [-0.15, -0.1) is 0 Å². The van der Waals surface area contributed by atoms with Crippen LogP contribution >= 0.6 is 39.6 Å². The zero-order chi connectivity index (χ0) is 33.5. The number of rotatable bonds is 27. The van der Waals surface area contributed by atoms with Gasteiger partial charge >= 0.3 is 11.9 Å². The fourth-order valence-corrected chi connectivity index (χ4v) is 5.98. The summed E-state index contributed by atoms with van der Waals surface area (Å²) in [6.07, 6.45) is 11.2. The molecule has 1 amide bonds. The normalized spacial score (nSPS) is 21.3. The van der Waals surface area contributed by atoms with Crippen LogP contribution in [0.3, 0.4) is 0 Å². The fraction of sp³-hybridized carbons (Fsp3) is 0.909. The number of amides is 1. The number of aliphatic carboxylic acids is 1. The van der Waals surface area contributed by atoms with Gasteiger partial charge in [0.2, 0.25) is 12.2 Å². The van der Waals surface area contributed by atoms with E-state index in [4.69, 9.17) is 14.6 Å². The highest BCUT2D eigenvalue weighted by Crippen LogP contribution is 2.23. The van der Waals surface area contributed by atoms with Crippen LogP contribution in [0.2, 0.25) is 0 Å². The second-order valence-corrected chi connectivity index (χ2v) is 12.7. The lowest BCUT2D eigenvalue weighted by Crippen LogP contribution is -2.60. The molecule has 0 aromatic carbocycles. The second-order valence-electron chi connectivity index (χ2n) is 12.3. The summed E-state index contributed by atoms with van der Waals surface area (Å²) in [5, 5.41) is 48.6. The molecule has 0 aromatic rings. The molecule has 1 fully saturated rings. The zero-order valence-electron chi connectivity index (χ0n) is 28.4. The number of unbranched alkanes of at least 4 members (excludes halogenated alkanes) is 16. The summed E-state index contributed by atoms with van der Waals surface area (Å²) in [6, 6.07) is -1.03. The summed E-state index contributed by atoms with van der Waals surface area (Å²) in [5.74, 6) is -1.76. The highest BCUT2D eigenvalue weighted by atomic mass is 32.1. The first kappa shape index (κ1) is 48.4. The second kappa shape index (κ2) is 30.1. The number of carbonyl (C=O) groups is 3. The fourth-order valence-electron chi connectivity index (χ4n) is 5.64. The van der Waals surface area contributed by atoms with Gasteiger partial charge < -0.3 is 39.9 Å². The van der Waals surface area contributed by atoms with Crippen LogP contribution in [-0.2, 0) is 23.9 Å². The molecule has 1 saturated heterocycles. The van der Waals surface area contributed by atoms with E-state index < -0.39 is 55.3 Å². The molecule has 0 unspecified atom stereocenters. The molecule has 1 aliphatic heterocycles. The Morgan fingerprint density at radius 2 is 1.19 bits per heavy atom. The van der Waals surface area contributed by atoms with Gasteiger partial charge in [0.15, 0.2) is 0 Å². The van der Waals surface area contributed by atoms with Crippen LogP contribution in [0.5, 0.6) is 0 Å². The Labute approximate surface area is 301 Å². The average Bonchev–Trinajstić information content (AvgIpc) is 3.02. The minimum Gasteiger partial charge on any atom is -0.481 e. The van der Waals surface area contributed by atoms with E-state index in [1.165, 1.54) is 37.0 Å². The maximum atomic E-state index is 13.4. The summed E-state index contributed by atoms with van der Waals surface area (Å²) in [4.78, 5) is 38.8. The van der Waals surface area contributed by atoms with E-state index in [1.54, 1.807) is 0 Å². The predicted octanol–water partition coefficient (Wildman–Crippen LogP) is 4.59. The van der Waals surface area contributed by atoms with Gasteiger partial charge in [0, 0.05) is 25.1 Å². The van der Waals surface area contributed by atoms with Crippen LogP contribution in [0.4, 0.5) is 0 Å². The molecule has 5 N–H and O–H groups in total.